The molecule has 0 atom stereocenters. The summed E-state index contributed by atoms with van der Waals surface area (Å²) < 4.78 is 6.50. The van der Waals surface area contributed by atoms with Crippen molar-refractivity contribution in [2.75, 3.05) is 0 Å². The minimum Gasteiger partial charge on any atom is -0.456 e. The van der Waals surface area contributed by atoms with Crippen LogP contribution in [0.3, 0.4) is 0 Å². The highest BCUT2D eigenvalue weighted by atomic mass is 16.3. The fourth-order valence-electron chi connectivity index (χ4n) is 7.31. The van der Waals surface area contributed by atoms with Gasteiger partial charge in [0.1, 0.15) is 11.2 Å². The summed E-state index contributed by atoms with van der Waals surface area (Å²) in [6.45, 7) is 0. The lowest BCUT2D eigenvalue weighted by Crippen LogP contribution is -2.01. The van der Waals surface area contributed by atoms with Gasteiger partial charge in [-0.25, -0.2) is 15.0 Å². The Hall–Kier alpha value is -7.17. The average molecular weight is 678 g/mol. The van der Waals surface area contributed by atoms with Crippen molar-refractivity contribution in [3.63, 3.8) is 0 Å². The molecule has 0 N–H and O–H groups in total. The summed E-state index contributed by atoms with van der Waals surface area (Å²) in [6, 6.07) is 65.1. The van der Waals surface area contributed by atoms with Crippen molar-refractivity contribution >= 4 is 32.7 Å². The van der Waals surface area contributed by atoms with E-state index in [4.69, 9.17) is 19.4 Å². The normalized spacial score (nSPS) is 11.4. The van der Waals surface area contributed by atoms with Gasteiger partial charge in [0, 0.05) is 27.5 Å². The van der Waals surface area contributed by atoms with E-state index in [2.05, 4.69) is 152 Å². The summed E-state index contributed by atoms with van der Waals surface area (Å²) in [4.78, 5) is 15.6. The Kier molecular flexibility index (Phi) is 7.43. The third kappa shape index (κ3) is 5.63. The second-order valence-electron chi connectivity index (χ2n) is 13.2. The number of furan rings is 1. The lowest BCUT2D eigenvalue weighted by molar-refractivity contribution is 0.669. The van der Waals surface area contributed by atoms with Crippen LogP contribution in [0.15, 0.2) is 192 Å². The van der Waals surface area contributed by atoms with Gasteiger partial charge in [-0.05, 0) is 74.5 Å². The Morgan fingerprint density at radius 2 is 0.811 bits per heavy atom. The Morgan fingerprint density at radius 3 is 1.51 bits per heavy atom. The molecule has 4 nitrogen and oxygen atoms in total. The van der Waals surface area contributed by atoms with Crippen LogP contribution < -0.4 is 0 Å². The molecule has 53 heavy (non-hydrogen) atoms. The van der Waals surface area contributed by atoms with Gasteiger partial charge in [-0.2, -0.15) is 0 Å². The topological polar surface area (TPSA) is 51.8 Å². The highest BCUT2D eigenvalue weighted by Gasteiger charge is 2.20. The van der Waals surface area contributed by atoms with Gasteiger partial charge < -0.3 is 4.42 Å². The molecule has 248 valence electrons. The van der Waals surface area contributed by atoms with E-state index in [9.17, 15) is 0 Å². The monoisotopic (exact) mass is 677 g/mol. The maximum atomic E-state index is 6.50. The smallest absolute Gasteiger partial charge is 0.164 e. The van der Waals surface area contributed by atoms with Crippen molar-refractivity contribution in [3.05, 3.63) is 188 Å². The van der Waals surface area contributed by atoms with E-state index >= 15 is 0 Å². The van der Waals surface area contributed by atoms with Gasteiger partial charge in [0.25, 0.3) is 0 Å². The SMILES string of the molecule is c1ccc(-c2ccc3cc(-c4nc(-c5ccccc5-c5ccccc5)nc(-c5cccc6oc7cc(-c8ccccc8)ccc7c56)n4)ccc3c2)cc1. The molecular formula is C49H31N3O. The standard InChI is InChI=1S/C49H31N3O/c1-4-13-32(14-5-1)35-23-24-37-30-39(26-25-36(37)29-35)47-50-48(41-20-11-10-19-40(41)34-17-8-3-9-18-34)52-49(51-47)43-21-12-22-44-46(43)42-28-27-38(31-45(42)53-44)33-15-6-2-7-16-33/h1-31H. The van der Waals surface area contributed by atoms with Crippen LogP contribution in [0.5, 0.6) is 0 Å². The quantitative estimate of drug-likeness (QED) is 0.176. The minimum atomic E-state index is 0.591. The van der Waals surface area contributed by atoms with E-state index in [1.165, 1.54) is 11.1 Å². The third-order valence-corrected chi connectivity index (χ3v) is 9.94. The van der Waals surface area contributed by atoms with Gasteiger partial charge in [0.05, 0.1) is 0 Å². The molecule has 0 unspecified atom stereocenters. The number of fused-ring (bicyclic) bond motifs is 4. The van der Waals surface area contributed by atoms with Gasteiger partial charge in [0.15, 0.2) is 17.5 Å². The highest BCUT2D eigenvalue weighted by molar-refractivity contribution is 6.12. The van der Waals surface area contributed by atoms with E-state index in [-0.39, 0.29) is 0 Å². The van der Waals surface area contributed by atoms with Gasteiger partial charge >= 0.3 is 0 Å². The molecule has 8 aromatic carbocycles. The Balaban J connectivity index is 1.17. The molecular weight excluding hydrogens is 647 g/mol. The predicted octanol–water partition coefficient (Wildman–Crippen LogP) is 12.9. The van der Waals surface area contributed by atoms with E-state index in [1.807, 2.05) is 36.4 Å². The zero-order chi connectivity index (χ0) is 35.1. The maximum Gasteiger partial charge on any atom is 0.164 e. The van der Waals surface area contributed by atoms with Crippen molar-refractivity contribution in [2.45, 2.75) is 0 Å². The third-order valence-electron chi connectivity index (χ3n) is 9.94. The molecule has 2 aromatic heterocycles. The predicted molar refractivity (Wildman–Crippen MR) is 217 cm³/mol. The molecule has 10 aromatic rings. The Bertz CT molecular complexity index is 2940. The first-order valence-electron chi connectivity index (χ1n) is 17.8. The van der Waals surface area contributed by atoms with Crippen molar-refractivity contribution in [1.82, 2.24) is 15.0 Å². The van der Waals surface area contributed by atoms with Crippen LogP contribution in [-0.4, -0.2) is 15.0 Å². The van der Waals surface area contributed by atoms with Gasteiger partial charge in [-0.1, -0.05) is 158 Å². The fraction of sp³-hybridized carbons (Fsp3) is 0. The fourth-order valence-corrected chi connectivity index (χ4v) is 7.31. The zero-order valence-electron chi connectivity index (χ0n) is 28.6. The number of rotatable bonds is 6. The summed E-state index contributed by atoms with van der Waals surface area (Å²) >= 11 is 0. The van der Waals surface area contributed by atoms with Gasteiger partial charge in [-0.3, -0.25) is 0 Å². The average Bonchev–Trinajstić information content (AvgIpc) is 3.62. The second kappa shape index (κ2) is 12.9. The number of hydrogen-bond donors (Lipinski definition) is 0. The molecule has 4 heteroatoms. The molecule has 0 saturated carbocycles. The largest absolute Gasteiger partial charge is 0.456 e. The molecule has 0 aliphatic heterocycles. The first-order chi connectivity index (χ1) is 26.2. The lowest BCUT2D eigenvalue weighted by Gasteiger charge is -2.13. The zero-order valence-corrected chi connectivity index (χ0v) is 28.6. The Labute approximate surface area is 306 Å². The minimum absolute atomic E-state index is 0.591. The summed E-state index contributed by atoms with van der Waals surface area (Å²) in [6.07, 6.45) is 0. The van der Waals surface area contributed by atoms with Crippen LogP contribution >= 0.6 is 0 Å². The summed E-state index contributed by atoms with van der Waals surface area (Å²) in [5.74, 6) is 1.81. The second-order valence-corrected chi connectivity index (χ2v) is 13.2. The number of nitrogens with zero attached hydrogens (tertiary/aromatic N) is 3. The first kappa shape index (κ1) is 30.6. The molecule has 0 spiro atoms. The Morgan fingerprint density at radius 1 is 0.302 bits per heavy atom. The van der Waals surface area contributed by atoms with Crippen LogP contribution in [0.1, 0.15) is 0 Å². The van der Waals surface area contributed by atoms with Gasteiger partial charge in [-0.15, -0.1) is 0 Å². The number of benzene rings is 8. The number of aromatic nitrogens is 3. The molecule has 0 radical (unpaired) electrons. The summed E-state index contributed by atoms with van der Waals surface area (Å²) in [5.41, 5.74) is 11.1. The summed E-state index contributed by atoms with van der Waals surface area (Å²) in [5, 5.41) is 4.27. The number of hydrogen-bond acceptors (Lipinski definition) is 4. The highest BCUT2D eigenvalue weighted by Crippen LogP contribution is 2.39. The molecule has 10 rings (SSSR count). The van der Waals surface area contributed by atoms with Crippen LogP contribution in [0.2, 0.25) is 0 Å². The lowest BCUT2D eigenvalue weighted by atomic mass is 9.98. The molecule has 0 aliphatic rings. The van der Waals surface area contributed by atoms with Crippen molar-refractivity contribution in [3.8, 4) is 67.5 Å². The van der Waals surface area contributed by atoms with Gasteiger partial charge in [0.2, 0.25) is 0 Å². The summed E-state index contributed by atoms with van der Waals surface area (Å²) in [7, 11) is 0. The van der Waals surface area contributed by atoms with E-state index in [0.717, 1.165) is 71.7 Å². The molecule has 0 saturated heterocycles. The van der Waals surface area contributed by atoms with Crippen molar-refractivity contribution in [1.29, 1.82) is 0 Å². The molecule has 0 amide bonds. The molecule has 0 fully saturated rings. The van der Waals surface area contributed by atoms with E-state index in [0.29, 0.717) is 17.5 Å². The molecule has 0 bridgehead atoms. The van der Waals surface area contributed by atoms with Crippen LogP contribution in [-0.2, 0) is 0 Å². The van der Waals surface area contributed by atoms with Crippen LogP contribution in [0.25, 0.3) is 100 Å². The molecule has 0 aliphatic carbocycles. The maximum absolute atomic E-state index is 6.50. The first-order valence-corrected chi connectivity index (χ1v) is 17.8. The van der Waals surface area contributed by atoms with Crippen molar-refractivity contribution in [2.24, 2.45) is 0 Å². The molecule has 2 heterocycles. The van der Waals surface area contributed by atoms with Crippen molar-refractivity contribution < 1.29 is 4.42 Å². The van der Waals surface area contributed by atoms with Crippen LogP contribution in [0, 0.1) is 0 Å². The van der Waals surface area contributed by atoms with Crippen LogP contribution in [0.4, 0.5) is 0 Å². The van der Waals surface area contributed by atoms with E-state index < -0.39 is 0 Å². The van der Waals surface area contributed by atoms with E-state index in [1.54, 1.807) is 0 Å².